The van der Waals surface area contributed by atoms with Crippen LogP contribution in [0.15, 0.2) is 46.8 Å². The third-order valence-electron chi connectivity index (χ3n) is 3.46. The molecule has 2 aromatic rings. The number of morpholine rings is 1. The molecule has 3 rings (SSSR count). The Labute approximate surface area is 129 Å². The second kappa shape index (κ2) is 7.09. The molecule has 0 aliphatic carbocycles. The van der Waals surface area contributed by atoms with Crippen LogP contribution in [0.4, 0.5) is 11.8 Å². The lowest BCUT2D eigenvalue weighted by Gasteiger charge is -2.27. The molecule has 114 valence electrons. The molecular formula is C16H19N5O. The van der Waals surface area contributed by atoms with Gasteiger partial charge in [0.05, 0.1) is 19.8 Å². The lowest BCUT2D eigenvalue weighted by Crippen LogP contribution is -2.36. The van der Waals surface area contributed by atoms with Crippen molar-refractivity contribution in [2.24, 2.45) is 10.2 Å². The van der Waals surface area contributed by atoms with Crippen LogP contribution in [-0.2, 0) is 11.3 Å². The zero-order valence-electron chi connectivity index (χ0n) is 12.6. The molecule has 1 aliphatic rings. The number of benzene rings is 1. The van der Waals surface area contributed by atoms with Crippen LogP contribution >= 0.6 is 0 Å². The molecule has 0 radical (unpaired) electrons. The Morgan fingerprint density at radius 1 is 1.23 bits per heavy atom. The van der Waals surface area contributed by atoms with Gasteiger partial charge < -0.3 is 9.64 Å². The number of rotatable bonds is 4. The predicted octanol–water partition coefficient (Wildman–Crippen LogP) is 2.91. The molecule has 2 heterocycles. The molecule has 0 atom stereocenters. The summed E-state index contributed by atoms with van der Waals surface area (Å²) in [4.78, 5) is 10.8. The molecule has 6 heteroatoms. The second-order valence-electron chi connectivity index (χ2n) is 5.20. The standard InChI is InChI=1S/C16H19N5O/c1-13-3-2-4-14(11-13)12-18-20-16-17-6-5-15(19-16)21-7-9-22-10-8-21/h2-6,11H,7-10,12H2,1H3. The summed E-state index contributed by atoms with van der Waals surface area (Å²) < 4.78 is 5.35. The molecule has 0 N–H and O–H groups in total. The number of nitrogens with zero attached hydrogens (tertiary/aromatic N) is 5. The lowest BCUT2D eigenvalue weighted by atomic mass is 10.1. The van der Waals surface area contributed by atoms with Gasteiger partial charge in [0.2, 0.25) is 0 Å². The molecule has 0 unspecified atom stereocenters. The van der Waals surface area contributed by atoms with Crippen LogP contribution in [0, 0.1) is 6.92 Å². The van der Waals surface area contributed by atoms with Gasteiger partial charge in [-0.25, -0.2) is 4.98 Å². The molecular weight excluding hydrogens is 278 g/mol. The number of azo groups is 1. The molecule has 1 aromatic carbocycles. The Hall–Kier alpha value is -2.34. The van der Waals surface area contributed by atoms with Crippen LogP contribution in [0.3, 0.4) is 0 Å². The Kier molecular flexibility index (Phi) is 4.70. The van der Waals surface area contributed by atoms with Gasteiger partial charge in [-0.1, -0.05) is 29.8 Å². The Morgan fingerprint density at radius 2 is 2.09 bits per heavy atom. The smallest absolute Gasteiger partial charge is 0.270 e. The first-order valence-corrected chi connectivity index (χ1v) is 7.40. The van der Waals surface area contributed by atoms with Crippen molar-refractivity contribution in [3.8, 4) is 0 Å². The van der Waals surface area contributed by atoms with Gasteiger partial charge in [-0.05, 0) is 18.6 Å². The van der Waals surface area contributed by atoms with E-state index in [0.29, 0.717) is 12.5 Å². The van der Waals surface area contributed by atoms with Gasteiger partial charge in [-0.3, -0.25) is 0 Å². The predicted molar refractivity (Wildman–Crippen MR) is 84.5 cm³/mol. The largest absolute Gasteiger partial charge is 0.378 e. The van der Waals surface area contributed by atoms with Crippen molar-refractivity contribution < 1.29 is 4.74 Å². The van der Waals surface area contributed by atoms with Crippen molar-refractivity contribution in [1.29, 1.82) is 0 Å². The maximum absolute atomic E-state index is 5.35. The van der Waals surface area contributed by atoms with Crippen molar-refractivity contribution >= 4 is 11.8 Å². The van der Waals surface area contributed by atoms with Crippen LogP contribution in [-0.4, -0.2) is 36.3 Å². The number of ether oxygens (including phenoxy) is 1. The minimum Gasteiger partial charge on any atom is -0.378 e. The van der Waals surface area contributed by atoms with E-state index in [1.165, 1.54) is 5.56 Å². The van der Waals surface area contributed by atoms with Gasteiger partial charge in [0.25, 0.3) is 5.95 Å². The van der Waals surface area contributed by atoms with E-state index >= 15 is 0 Å². The molecule has 1 aliphatic heterocycles. The van der Waals surface area contributed by atoms with Gasteiger partial charge in [-0.15, -0.1) is 5.11 Å². The fourth-order valence-electron chi connectivity index (χ4n) is 2.35. The lowest BCUT2D eigenvalue weighted by molar-refractivity contribution is 0.122. The first kappa shape index (κ1) is 14.6. The van der Waals surface area contributed by atoms with Crippen LogP contribution in [0.1, 0.15) is 11.1 Å². The zero-order chi connectivity index (χ0) is 15.2. The SMILES string of the molecule is Cc1cccc(CN=Nc2nccc(N3CCOCC3)n2)c1. The Morgan fingerprint density at radius 3 is 2.91 bits per heavy atom. The molecule has 0 amide bonds. The highest BCUT2D eigenvalue weighted by molar-refractivity contribution is 5.40. The molecule has 1 saturated heterocycles. The van der Waals surface area contributed by atoms with Gasteiger partial charge >= 0.3 is 0 Å². The fraction of sp³-hybridized carbons (Fsp3) is 0.375. The van der Waals surface area contributed by atoms with E-state index in [9.17, 15) is 0 Å². The summed E-state index contributed by atoms with van der Waals surface area (Å²) in [5.74, 6) is 1.28. The van der Waals surface area contributed by atoms with E-state index in [0.717, 1.165) is 37.7 Å². The van der Waals surface area contributed by atoms with Crippen molar-refractivity contribution in [1.82, 2.24) is 9.97 Å². The van der Waals surface area contributed by atoms with E-state index in [2.05, 4.69) is 44.2 Å². The number of hydrogen-bond acceptors (Lipinski definition) is 6. The quantitative estimate of drug-likeness (QED) is 0.814. The van der Waals surface area contributed by atoms with Gasteiger partial charge in [0, 0.05) is 19.3 Å². The molecule has 22 heavy (non-hydrogen) atoms. The average molecular weight is 297 g/mol. The minimum atomic E-state index is 0.400. The Bertz CT molecular complexity index is 652. The number of aryl methyl sites for hydroxylation is 1. The third-order valence-corrected chi connectivity index (χ3v) is 3.46. The van der Waals surface area contributed by atoms with Crippen LogP contribution in [0.5, 0.6) is 0 Å². The van der Waals surface area contributed by atoms with Crippen LogP contribution < -0.4 is 4.90 Å². The van der Waals surface area contributed by atoms with E-state index in [1.54, 1.807) is 6.20 Å². The summed E-state index contributed by atoms with van der Waals surface area (Å²) in [5, 5.41) is 8.33. The highest BCUT2D eigenvalue weighted by atomic mass is 16.5. The number of hydrogen-bond donors (Lipinski definition) is 0. The van der Waals surface area contributed by atoms with Gasteiger partial charge in [-0.2, -0.15) is 10.1 Å². The van der Waals surface area contributed by atoms with E-state index in [4.69, 9.17) is 4.74 Å². The number of aromatic nitrogens is 2. The highest BCUT2D eigenvalue weighted by Crippen LogP contribution is 2.16. The molecule has 6 nitrogen and oxygen atoms in total. The summed E-state index contributed by atoms with van der Waals surface area (Å²) in [6, 6.07) is 10.1. The van der Waals surface area contributed by atoms with Gasteiger partial charge in [0.15, 0.2) is 0 Å². The summed E-state index contributed by atoms with van der Waals surface area (Å²) in [5.41, 5.74) is 2.35. The van der Waals surface area contributed by atoms with Crippen molar-refractivity contribution in [2.45, 2.75) is 13.5 Å². The van der Waals surface area contributed by atoms with Crippen LogP contribution in [0.25, 0.3) is 0 Å². The maximum Gasteiger partial charge on any atom is 0.270 e. The summed E-state index contributed by atoms with van der Waals surface area (Å²) in [6.45, 7) is 5.75. The minimum absolute atomic E-state index is 0.400. The van der Waals surface area contributed by atoms with Crippen molar-refractivity contribution in [3.05, 3.63) is 47.7 Å². The summed E-state index contributed by atoms with van der Waals surface area (Å²) >= 11 is 0. The van der Waals surface area contributed by atoms with Crippen molar-refractivity contribution in [2.75, 3.05) is 31.2 Å². The Balaban J connectivity index is 1.65. The maximum atomic E-state index is 5.35. The third kappa shape index (κ3) is 3.85. The van der Waals surface area contributed by atoms with E-state index < -0.39 is 0 Å². The molecule has 0 saturated carbocycles. The van der Waals surface area contributed by atoms with Crippen LogP contribution in [0.2, 0.25) is 0 Å². The second-order valence-corrected chi connectivity index (χ2v) is 5.20. The first-order valence-electron chi connectivity index (χ1n) is 7.40. The highest BCUT2D eigenvalue weighted by Gasteiger charge is 2.12. The average Bonchev–Trinajstić information content (AvgIpc) is 2.56. The molecule has 1 fully saturated rings. The normalized spacial score (nSPS) is 15.4. The number of anilines is 1. The summed E-state index contributed by atoms with van der Waals surface area (Å²) in [7, 11) is 0. The molecule has 1 aromatic heterocycles. The monoisotopic (exact) mass is 297 g/mol. The summed E-state index contributed by atoms with van der Waals surface area (Å²) in [6.07, 6.45) is 1.72. The van der Waals surface area contributed by atoms with Gasteiger partial charge in [0.1, 0.15) is 5.82 Å². The first-order chi connectivity index (χ1) is 10.8. The zero-order valence-corrected chi connectivity index (χ0v) is 12.6. The van der Waals surface area contributed by atoms with E-state index in [-0.39, 0.29) is 0 Å². The molecule has 0 bridgehead atoms. The van der Waals surface area contributed by atoms with Crippen molar-refractivity contribution in [3.63, 3.8) is 0 Å². The molecule has 0 spiro atoms. The topological polar surface area (TPSA) is 63.0 Å². The fourth-order valence-corrected chi connectivity index (χ4v) is 2.35. The van der Waals surface area contributed by atoms with E-state index in [1.807, 2.05) is 18.2 Å².